The molecular formula is C16H24N2O4. The first-order chi connectivity index (χ1) is 10.5. The fraction of sp³-hybridized carbons (Fsp3) is 0.562. The maximum atomic E-state index is 12.0. The Labute approximate surface area is 130 Å². The van der Waals surface area contributed by atoms with E-state index in [0.717, 1.165) is 0 Å². The van der Waals surface area contributed by atoms with Crippen molar-refractivity contribution in [2.75, 3.05) is 13.2 Å². The van der Waals surface area contributed by atoms with Gasteiger partial charge in [-0.3, -0.25) is 4.79 Å². The van der Waals surface area contributed by atoms with Crippen molar-refractivity contribution in [3.63, 3.8) is 0 Å². The number of amides is 1. The molecule has 0 radical (unpaired) electrons. The molecule has 3 unspecified atom stereocenters. The van der Waals surface area contributed by atoms with Crippen LogP contribution in [0.5, 0.6) is 11.5 Å². The van der Waals surface area contributed by atoms with Crippen LogP contribution in [-0.2, 0) is 4.79 Å². The number of benzene rings is 1. The highest BCUT2D eigenvalue weighted by Crippen LogP contribution is 2.31. The lowest BCUT2D eigenvalue weighted by Crippen LogP contribution is -2.52. The Hall–Kier alpha value is -1.79. The molecule has 0 aromatic heterocycles. The van der Waals surface area contributed by atoms with Gasteiger partial charge in [-0.2, -0.15) is 0 Å². The van der Waals surface area contributed by atoms with Crippen molar-refractivity contribution in [2.24, 2.45) is 0 Å². The summed E-state index contributed by atoms with van der Waals surface area (Å²) in [5.41, 5.74) is 0. The number of nitrogens with one attached hydrogen (secondary N) is 2. The summed E-state index contributed by atoms with van der Waals surface area (Å²) in [6, 6.07) is 7.37. The van der Waals surface area contributed by atoms with E-state index < -0.39 is 12.0 Å². The number of rotatable bonds is 6. The quantitative estimate of drug-likeness (QED) is 0.720. The zero-order valence-corrected chi connectivity index (χ0v) is 13.2. The van der Waals surface area contributed by atoms with Gasteiger partial charge in [-0.1, -0.05) is 26.0 Å². The number of para-hydroxylation sites is 2. The van der Waals surface area contributed by atoms with Crippen molar-refractivity contribution >= 4 is 5.91 Å². The van der Waals surface area contributed by atoms with Gasteiger partial charge in [-0.05, 0) is 19.1 Å². The van der Waals surface area contributed by atoms with Crippen LogP contribution in [0.2, 0.25) is 0 Å². The second-order valence-electron chi connectivity index (χ2n) is 5.79. The first-order valence-electron chi connectivity index (χ1n) is 7.57. The lowest BCUT2D eigenvalue weighted by atomic mass is 10.1. The Balaban J connectivity index is 1.85. The normalized spacial score (nSPS) is 19.6. The number of carbonyl (C=O) groups is 1. The van der Waals surface area contributed by atoms with Crippen molar-refractivity contribution in [1.82, 2.24) is 10.6 Å². The molecule has 0 saturated carbocycles. The van der Waals surface area contributed by atoms with Crippen LogP contribution in [0, 0.1) is 0 Å². The van der Waals surface area contributed by atoms with Crippen molar-refractivity contribution in [3.05, 3.63) is 24.3 Å². The Morgan fingerprint density at radius 2 is 2.00 bits per heavy atom. The fourth-order valence-corrected chi connectivity index (χ4v) is 2.14. The summed E-state index contributed by atoms with van der Waals surface area (Å²) in [4.78, 5) is 12.0. The molecule has 122 valence electrons. The molecule has 2 rings (SSSR count). The number of aliphatic hydroxyl groups is 1. The van der Waals surface area contributed by atoms with Crippen LogP contribution in [0.3, 0.4) is 0 Å². The van der Waals surface area contributed by atoms with Crippen LogP contribution < -0.4 is 20.1 Å². The molecule has 0 spiro atoms. The minimum atomic E-state index is -1.08. The van der Waals surface area contributed by atoms with E-state index in [1.807, 2.05) is 45.0 Å². The first-order valence-corrected chi connectivity index (χ1v) is 7.57. The Morgan fingerprint density at radius 3 is 2.68 bits per heavy atom. The number of hydrogen-bond acceptors (Lipinski definition) is 5. The van der Waals surface area contributed by atoms with Crippen LogP contribution in [0.1, 0.15) is 20.8 Å². The molecule has 0 bridgehead atoms. The van der Waals surface area contributed by atoms with Gasteiger partial charge in [0.05, 0.1) is 6.04 Å². The van der Waals surface area contributed by atoms with Gasteiger partial charge in [0, 0.05) is 12.6 Å². The third-order valence-corrected chi connectivity index (χ3v) is 3.48. The summed E-state index contributed by atoms with van der Waals surface area (Å²) in [5.74, 6) is 0.962. The zero-order chi connectivity index (χ0) is 16.1. The molecular weight excluding hydrogens is 284 g/mol. The fourth-order valence-electron chi connectivity index (χ4n) is 2.14. The predicted molar refractivity (Wildman–Crippen MR) is 83.1 cm³/mol. The van der Waals surface area contributed by atoms with Gasteiger partial charge in [-0.25, -0.2) is 0 Å². The van der Waals surface area contributed by atoms with Crippen LogP contribution in [-0.4, -0.2) is 48.5 Å². The molecule has 3 N–H and O–H groups in total. The molecule has 1 aliphatic heterocycles. The topological polar surface area (TPSA) is 79.8 Å². The number of carbonyl (C=O) groups excluding carboxylic acids is 1. The summed E-state index contributed by atoms with van der Waals surface area (Å²) >= 11 is 0. The van der Waals surface area contributed by atoms with E-state index >= 15 is 0 Å². The van der Waals surface area contributed by atoms with Gasteiger partial charge in [0.2, 0.25) is 0 Å². The largest absolute Gasteiger partial charge is 0.486 e. The summed E-state index contributed by atoms with van der Waals surface area (Å²) in [7, 11) is 0. The molecule has 1 aromatic carbocycles. The van der Waals surface area contributed by atoms with E-state index in [-0.39, 0.29) is 24.7 Å². The lowest BCUT2D eigenvalue weighted by molar-refractivity contribution is -0.130. The van der Waals surface area contributed by atoms with Gasteiger partial charge in [0.1, 0.15) is 12.7 Å². The molecule has 22 heavy (non-hydrogen) atoms. The number of hydrogen-bond donors (Lipinski definition) is 3. The molecule has 0 aliphatic carbocycles. The number of aliphatic hydroxyl groups excluding tert-OH is 1. The summed E-state index contributed by atoms with van der Waals surface area (Å²) < 4.78 is 11.5. The molecule has 6 heteroatoms. The van der Waals surface area contributed by atoms with Crippen molar-refractivity contribution in [3.8, 4) is 11.5 Å². The first kappa shape index (κ1) is 16.6. The Kier molecular flexibility index (Phi) is 5.63. The molecule has 0 saturated heterocycles. The maximum absolute atomic E-state index is 12.0. The van der Waals surface area contributed by atoms with Crippen LogP contribution >= 0.6 is 0 Å². The van der Waals surface area contributed by atoms with Gasteiger partial charge in [0.25, 0.3) is 5.91 Å². The molecule has 1 aliphatic rings. The van der Waals surface area contributed by atoms with Crippen LogP contribution in [0.15, 0.2) is 24.3 Å². The van der Waals surface area contributed by atoms with E-state index in [1.165, 1.54) is 0 Å². The molecule has 1 aromatic rings. The maximum Gasteiger partial charge on any atom is 0.250 e. The SMILES string of the molecule is CC(C)NCC(O)C(=O)NC(C)C1COc2ccccc2O1. The minimum Gasteiger partial charge on any atom is -0.486 e. The molecule has 0 fully saturated rings. The number of ether oxygens (including phenoxy) is 2. The number of fused-ring (bicyclic) bond motifs is 1. The van der Waals surface area contributed by atoms with E-state index in [4.69, 9.17) is 9.47 Å². The molecule has 1 amide bonds. The Morgan fingerprint density at radius 1 is 1.32 bits per heavy atom. The van der Waals surface area contributed by atoms with Crippen LogP contribution in [0.4, 0.5) is 0 Å². The average Bonchev–Trinajstić information content (AvgIpc) is 2.51. The summed E-state index contributed by atoms with van der Waals surface area (Å²) in [6.45, 7) is 6.33. The van der Waals surface area contributed by atoms with Gasteiger partial charge < -0.3 is 25.2 Å². The Bertz CT molecular complexity index is 507. The van der Waals surface area contributed by atoms with E-state index in [9.17, 15) is 9.90 Å². The van der Waals surface area contributed by atoms with E-state index in [2.05, 4.69) is 10.6 Å². The van der Waals surface area contributed by atoms with E-state index in [1.54, 1.807) is 0 Å². The highest BCUT2D eigenvalue weighted by molar-refractivity contribution is 5.81. The van der Waals surface area contributed by atoms with E-state index in [0.29, 0.717) is 18.1 Å². The average molecular weight is 308 g/mol. The molecule has 6 nitrogen and oxygen atoms in total. The summed E-state index contributed by atoms with van der Waals surface area (Å²) in [6.07, 6.45) is -1.37. The van der Waals surface area contributed by atoms with Crippen molar-refractivity contribution in [2.45, 2.75) is 45.1 Å². The third-order valence-electron chi connectivity index (χ3n) is 3.48. The second kappa shape index (κ2) is 7.47. The highest BCUT2D eigenvalue weighted by Gasteiger charge is 2.28. The van der Waals surface area contributed by atoms with Crippen molar-refractivity contribution in [1.29, 1.82) is 0 Å². The van der Waals surface area contributed by atoms with Gasteiger partial charge in [0.15, 0.2) is 17.6 Å². The third kappa shape index (κ3) is 4.35. The van der Waals surface area contributed by atoms with Gasteiger partial charge >= 0.3 is 0 Å². The van der Waals surface area contributed by atoms with Crippen LogP contribution in [0.25, 0.3) is 0 Å². The van der Waals surface area contributed by atoms with Gasteiger partial charge in [-0.15, -0.1) is 0 Å². The smallest absolute Gasteiger partial charge is 0.250 e. The molecule has 1 heterocycles. The monoisotopic (exact) mass is 308 g/mol. The van der Waals surface area contributed by atoms with Crippen molar-refractivity contribution < 1.29 is 19.4 Å². The summed E-state index contributed by atoms with van der Waals surface area (Å²) in [5, 5.41) is 15.6. The lowest BCUT2D eigenvalue weighted by Gasteiger charge is -2.31. The predicted octanol–water partition coefficient (Wildman–Crippen LogP) is 0.690. The zero-order valence-electron chi connectivity index (χ0n) is 13.2. The standard InChI is InChI=1S/C16H24N2O4/c1-10(2)17-8-12(19)16(20)18-11(3)15-9-21-13-6-4-5-7-14(13)22-15/h4-7,10-12,15,17,19H,8-9H2,1-3H3,(H,18,20). The molecule has 3 atom stereocenters. The second-order valence-corrected chi connectivity index (χ2v) is 5.79. The highest BCUT2D eigenvalue weighted by atomic mass is 16.6. The minimum absolute atomic E-state index is 0.214.